The Balaban J connectivity index is 1.28. The summed E-state index contributed by atoms with van der Waals surface area (Å²) in [4.78, 5) is 19.5. The number of likely N-dealkylation sites (N-methyl/N-ethyl adjacent to an activating group) is 1. The number of rotatable bonds is 6. The smallest absolute Gasteiger partial charge is 0.253 e. The molecule has 0 N–H and O–H groups in total. The largest absolute Gasteiger partial charge is 0.336 e. The molecule has 2 aromatic rings. The van der Waals surface area contributed by atoms with Gasteiger partial charge in [-0.25, -0.2) is 12.8 Å². The van der Waals surface area contributed by atoms with E-state index in [2.05, 4.69) is 36.0 Å². The van der Waals surface area contributed by atoms with E-state index in [-0.39, 0.29) is 29.4 Å². The Kier molecular flexibility index (Phi) is 7.42. The van der Waals surface area contributed by atoms with E-state index in [1.807, 2.05) is 24.3 Å². The van der Waals surface area contributed by atoms with Crippen molar-refractivity contribution in [2.75, 3.05) is 59.1 Å². The molecule has 0 bridgehead atoms. The number of fused-ring (bicyclic) bond motifs is 1. The molecule has 1 amide bonds. The first kappa shape index (κ1) is 26.3. The van der Waals surface area contributed by atoms with Gasteiger partial charge in [-0.2, -0.15) is 4.31 Å². The molecule has 1 unspecified atom stereocenters. The Bertz CT molecular complexity index is 1240. The topological polar surface area (TPSA) is 64.2 Å². The van der Waals surface area contributed by atoms with Crippen LogP contribution in [-0.4, -0.2) is 98.5 Å². The Hall–Kier alpha value is -2.33. The fourth-order valence-electron chi connectivity index (χ4n) is 6.30. The lowest BCUT2D eigenvalue weighted by Crippen LogP contribution is -2.50. The number of nitrogens with zero attached hydrogens (tertiary/aromatic N) is 4. The molecule has 0 saturated carbocycles. The number of amides is 1. The van der Waals surface area contributed by atoms with Crippen LogP contribution in [0.1, 0.15) is 52.4 Å². The van der Waals surface area contributed by atoms with Gasteiger partial charge in [0.25, 0.3) is 5.91 Å². The van der Waals surface area contributed by atoms with E-state index in [9.17, 15) is 17.6 Å². The fraction of sp³-hybridized carbons (Fsp3) is 0.536. The first-order chi connectivity index (χ1) is 17.7. The number of benzene rings is 2. The molecular formula is C28H37FN4O3S. The van der Waals surface area contributed by atoms with Crippen molar-refractivity contribution in [3.8, 4) is 0 Å². The second kappa shape index (κ2) is 10.4. The van der Waals surface area contributed by atoms with Gasteiger partial charge in [-0.1, -0.05) is 24.3 Å². The molecule has 2 aliphatic heterocycles. The highest BCUT2D eigenvalue weighted by molar-refractivity contribution is 7.89. The predicted molar refractivity (Wildman–Crippen MR) is 143 cm³/mol. The molecular weight excluding hydrogens is 491 g/mol. The molecule has 37 heavy (non-hydrogen) atoms. The van der Waals surface area contributed by atoms with Gasteiger partial charge in [0.15, 0.2) is 0 Å². The average molecular weight is 529 g/mol. The van der Waals surface area contributed by atoms with Crippen molar-refractivity contribution in [1.82, 2.24) is 19.0 Å². The van der Waals surface area contributed by atoms with Gasteiger partial charge in [0.2, 0.25) is 10.0 Å². The van der Waals surface area contributed by atoms with Crippen LogP contribution in [0.15, 0.2) is 42.5 Å². The Morgan fingerprint density at radius 3 is 2.38 bits per heavy atom. The lowest BCUT2D eigenvalue weighted by Gasteiger charge is -2.34. The number of halogens is 1. The first-order valence-corrected chi connectivity index (χ1v) is 14.9. The number of aryl methyl sites for hydroxylation is 1. The van der Waals surface area contributed by atoms with Gasteiger partial charge >= 0.3 is 0 Å². The summed E-state index contributed by atoms with van der Waals surface area (Å²) < 4.78 is 40.5. The molecule has 0 radical (unpaired) electrons. The van der Waals surface area contributed by atoms with Gasteiger partial charge in [0.1, 0.15) is 5.82 Å². The molecule has 7 nitrogen and oxygen atoms in total. The molecule has 9 heteroatoms. The quantitative estimate of drug-likeness (QED) is 0.577. The molecule has 5 rings (SSSR count). The predicted octanol–water partition coefficient (Wildman–Crippen LogP) is 2.95. The number of hydrogen-bond acceptors (Lipinski definition) is 5. The van der Waals surface area contributed by atoms with Crippen LogP contribution in [0.4, 0.5) is 4.39 Å². The third-order valence-electron chi connectivity index (χ3n) is 8.45. The maximum Gasteiger partial charge on any atom is 0.253 e. The van der Waals surface area contributed by atoms with Gasteiger partial charge in [0.05, 0.1) is 5.75 Å². The minimum absolute atomic E-state index is 0.0599. The third kappa shape index (κ3) is 5.06. The van der Waals surface area contributed by atoms with Crippen LogP contribution in [-0.2, 0) is 16.4 Å². The van der Waals surface area contributed by atoms with Crippen molar-refractivity contribution in [1.29, 1.82) is 0 Å². The summed E-state index contributed by atoms with van der Waals surface area (Å²) in [6.07, 6.45) is 1.87. The van der Waals surface area contributed by atoms with Crippen LogP contribution in [0.2, 0.25) is 0 Å². The SMILES string of the molecule is CCS(=O)(=O)N1CCN(C(=O)c2ccc([C@H]3CN(C4CCc5cccc(F)c54)C[C@@H]3N(C)C)cc2)CC1. The van der Waals surface area contributed by atoms with Crippen LogP contribution < -0.4 is 0 Å². The standard InChI is InChI=1S/C28H37FN4O3S/c1-4-37(35,36)33-16-14-31(15-17-33)28(34)22-10-8-20(9-11-22)23-18-32(19-26(23)30(2)3)25-13-12-21-6-5-7-24(29)27(21)25/h5-11,23,25-26H,4,12-19H2,1-3H3/t23-,25?,26+/m1/s1. The first-order valence-electron chi connectivity index (χ1n) is 13.2. The number of likely N-dealkylation sites (tertiary alicyclic amines) is 1. The molecule has 0 aromatic heterocycles. The monoisotopic (exact) mass is 528 g/mol. The van der Waals surface area contributed by atoms with Gasteiger partial charge in [-0.15, -0.1) is 0 Å². The molecule has 3 aliphatic rings. The molecule has 2 heterocycles. The lowest BCUT2D eigenvalue weighted by atomic mass is 9.93. The van der Waals surface area contributed by atoms with E-state index in [1.54, 1.807) is 17.9 Å². The minimum atomic E-state index is -3.23. The van der Waals surface area contributed by atoms with Crippen molar-refractivity contribution < 1.29 is 17.6 Å². The summed E-state index contributed by atoms with van der Waals surface area (Å²) in [6, 6.07) is 13.7. The van der Waals surface area contributed by atoms with Crippen LogP contribution >= 0.6 is 0 Å². The summed E-state index contributed by atoms with van der Waals surface area (Å²) >= 11 is 0. The van der Waals surface area contributed by atoms with E-state index < -0.39 is 10.0 Å². The van der Waals surface area contributed by atoms with E-state index in [0.29, 0.717) is 37.8 Å². The van der Waals surface area contributed by atoms with E-state index in [1.165, 1.54) is 9.87 Å². The van der Waals surface area contributed by atoms with E-state index >= 15 is 0 Å². The second-order valence-electron chi connectivity index (χ2n) is 10.7. The minimum Gasteiger partial charge on any atom is -0.336 e. The zero-order valence-electron chi connectivity index (χ0n) is 21.9. The third-order valence-corrected chi connectivity index (χ3v) is 10.3. The second-order valence-corrected chi connectivity index (χ2v) is 12.9. The van der Waals surface area contributed by atoms with Crippen molar-refractivity contribution in [3.63, 3.8) is 0 Å². The normalized spacial score (nSPS) is 25.1. The average Bonchev–Trinajstić information content (AvgIpc) is 3.54. The van der Waals surface area contributed by atoms with Gasteiger partial charge < -0.3 is 9.80 Å². The van der Waals surface area contributed by atoms with Crippen LogP contribution in [0, 0.1) is 5.82 Å². The van der Waals surface area contributed by atoms with Crippen molar-refractivity contribution in [2.24, 2.45) is 0 Å². The van der Waals surface area contributed by atoms with Crippen LogP contribution in [0.25, 0.3) is 0 Å². The molecule has 200 valence electrons. The lowest BCUT2D eigenvalue weighted by molar-refractivity contribution is 0.0698. The maximum absolute atomic E-state index is 14.7. The number of hydrogen-bond donors (Lipinski definition) is 0. The molecule has 2 fully saturated rings. The summed E-state index contributed by atoms with van der Waals surface area (Å²) in [6.45, 7) is 4.85. The Labute approximate surface area is 219 Å². The number of carbonyl (C=O) groups excluding carboxylic acids is 1. The zero-order chi connectivity index (χ0) is 26.3. The van der Waals surface area contributed by atoms with Crippen molar-refractivity contribution in [2.45, 2.75) is 37.8 Å². The Morgan fingerprint density at radius 1 is 1.03 bits per heavy atom. The fourth-order valence-corrected chi connectivity index (χ4v) is 7.39. The molecule has 2 saturated heterocycles. The van der Waals surface area contributed by atoms with Crippen molar-refractivity contribution >= 4 is 15.9 Å². The maximum atomic E-state index is 14.7. The molecule has 2 aromatic carbocycles. The zero-order valence-corrected chi connectivity index (χ0v) is 22.8. The summed E-state index contributed by atoms with van der Waals surface area (Å²) in [5, 5.41) is 0. The Morgan fingerprint density at radius 2 is 1.73 bits per heavy atom. The summed E-state index contributed by atoms with van der Waals surface area (Å²) in [5.74, 6) is 0.186. The number of sulfonamides is 1. The van der Waals surface area contributed by atoms with Gasteiger partial charge in [0, 0.05) is 68.4 Å². The van der Waals surface area contributed by atoms with Crippen LogP contribution in [0.5, 0.6) is 0 Å². The highest BCUT2D eigenvalue weighted by atomic mass is 32.2. The number of carbonyl (C=O) groups is 1. The van der Waals surface area contributed by atoms with E-state index in [0.717, 1.165) is 37.1 Å². The van der Waals surface area contributed by atoms with Gasteiger partial charge in [-0.3, -0.25) is 9.69 Å². The summed E-state index contributed by atoms with van der Waals surface area (Å²) in [7, 11) is 0.970. The van der Waals surface area contributed by atoms with Crippen molar-refractivity contribution in [3.05, 3.63) is 70.5 Å². The molecule has 0 spiro atoms. The summed E-state index contributed by atoms with van der Waals surface area (Å²) in [5.41, 5.74) is 3.81. The van der Waals surface area contributed by atoms with Gasteiger partial charge in [-0.05, 0) is 63.2 Å². The molecule has 3 atom stereocenters. The van der Waals surface area contributed by atoms with E-state index in [4.69, 9.17) is 0 Å². The van der Waals surface area contributed by atoms with Crippen LogP contribution in [0.3, 0.4) is 0 Å². The highest BCUT2D eigenvalue weighted by Gasteiger charge is 2.41. The molecule has 1 aliphatic carbocycles. The number of piperazine rings is 1. The highest BCUT2D eigenvalue weighted by Crippen LogP contribution is 2.42.